The molecule has 0 aromatic heterocycles. The molecule has 5 nitrogen and oxygen atoms in total. The summed E-state index contributed by atoms with van der Waals surface area (Å²) < 4.78 is 11.4. The number of imide groups is 1. The largest absolute Gasteiger partial charge is 0.490 e. The second-order valence-electron chi connectivity index (χ2n) is 7.77. The molecule has 0 atom stereocenters. The average molecular weight is 460 g/mol. The SMILES string of the molecule is Cc1ccc(OCCOc2ccc(/C=C3\SC(=O)N(Cc4ccccc4C)C3=O)cc2)cc1. The van der Waals surface area contributed by atoms with Crippen LogP contribution in [-0.4, -0.2) is 29.3 Å². The Morgan fingerprint density at radius 2 is 1.42 bits per heavy atom. The molecule has 33 heavy (non-hydrogen) atoms. The molecule has 0 aliphatic carbocycles. The summed E-state index contributed by atoms with van der Waals surface area (Å²) in [6, 6.07) is 23.1. The van der Waals surface area contributed by atoms with Crippen LogP contribution in [-0.2, 0) is 11.3 Å². The van der Waals surface area contributed by atoms with E-state index < -0.39 is 0 Å². The van der Waals surface area contributed by atoms with Gasteiger partial charge in [0, 0.05) is 0 Å². The van der Waals surface area contributed by atoms with Crippen LogP contribution in [0, 0.1) is 13.8 Å². The fourth-order valence-corrected chi connectivity index (χ4v) is 4.20. The van der Waals surface area contributed by atoms with Crippen LogP contribution < -0.4 is 9.47 Å². The predicted octanol–water partition coefficient (Wildman–Crippen LogP) is 6.00. The molecular formula is C27H25NO4S. The second-order valence-corrected chi connectivity index (χ2v) is 8.77. The Bertz CT molecular complexity index is 1170. The fourth-order valence-electron chi connectivity index (χ4n) is 3.36. The van der Waals surface area contributed by atoms with Crippen molar-refractivity contribution < 1.29 is 19.1 Å². The summed E-state index contributed by atoms with van der Waals surface area (Å²) in [5, 5.41) is -0.247. The number of hydrogen-bond acceptors (Lipinski definition) is 5. The van der Waals surface area contributed by atoms with Gasteiger partial charge in [0.15, 0.2) is 0 Å². The maximum absolute atomic E-state index is 12.8. The smallest absolute Gasteiger partial charge is 0.293 e. The zero-order chi connectivity index (χ0) is 23.2. The van der Waals surface area contributed by atoms with Gasteiger partial charge in [-0.1, -0.05) is 54.1 Å². The van der Waals surface area contributed by atoms with E-state index in [0.717, 1.165) is 34.2 Å². The molecular weight excluding hydrogens is 434 g/mol. The molecule has 0 saturated carbocycles. The van der Waals surface area contributed by atoms with Gasteiger partial charge in [0.2, 0.25) is 0 Å². The summed E-state index contributed by atoms with van der Waals surface area (Å²) in [7, 11) is 0. The minimum absolute atomic E-state index is 0.247. The summed E-state index contributed by atoms with van der Waals surface area (Å²) in [6.07, 6.45) is 1.74. The lowest BCUT2D eigenvalue weighted by atomic mass is 10.1. The Hall–Kier alpha value is -3.51. The van der Waals surface area contributed by atoms with Gasteiger partial charge in [-0.15, -0.1) is 0 Å². The summed E-state index contributed by atoms with van der Waals surface area (Å²) >= 11 is 0.972. The second kappa shape index (κ2) is 10.4. The van der Waals surface area contributed by atoms with Crippen molar-refractivity contribution in [3.63, 3.8) is 0 Å². The number of thioether (sulfide) groups is 1. The zero-order valence-corrected chi connectivity index (χ0v) is 19.4. The molecule has 1 aliphatic rings. The van der Waals surface area contributed by atoms with E-state index in [4.69, 9.17) is 9.47 Å². The molecule has 1 saturated heterocycles. The lowest BCUT2D eigenvalue weighted by Crippen LogP contribution is -2.27. The predicted molar refractivity (Wildman–Crippen MR) is 131 cm³/mol. The first-order valence-corrected chi connectivity index (χ1v) is 11.5. The lowest BCUT2D eigenvalue weighted by molar-refractivity contribution is -0.123. The summed E-state index contributed by atoms with van der Waals surface area (Å²) in [5.41, 5.74) is 4.05. The Morgan fingerprint density at radius 1 is 0.818 bits per heavy atom. The first-order chi connectivity index (χ1) is 16.0. The van der Waals surface area contributed by atoms with Crippen LogP contribution in [0.2, 0.25) is 0 Å². The number of ether oxygens (including phenoxy) is 2. The van der Waals surface area contributed by atoms with Gasteiger partial charge in [-0.3, -0.25) is 14.5 Å². The minimum Gasteiger partial charge on any atom is -0.490 e. The van der Waals surface area contributed by atoms with Gasteiger partial charge >= 0.3 is 0 Å². The van der Waals surface area contributed by atoms with Crippen molar-refractivity contribution in [3.05, 3.63) is 100.0 Å². The molecule has 0 N–H and O–H groups in total. The Labute approximate surface area is 198 Å². The third kappa shape index (κ3) is 5.84. The van der Waals surface area contributed by atoms with Gasteiger partial charge in [0.1, 0.15) is 24.7 Å². The molecule has 0 radical (unpaired) electrons. The highest BCUT2D eigenvalue weighted by atomic mass is 32.2. The van der Waals surface area contributed by atoms with Crippen molar-refractivity contribution in [2.75, 3.05) is 13.2 Å². The Morgan fingerprint density at radius 3 is 2.06 bits per heavy atom. The number of carbonyl (C=O) groups is 2. The number of amides is 2. The first-order valence-electron chi connectivity index (χ1n) is 10.7. The maximum atomic E-state index is 12.8. The molecule has 168 valence electrons. The summed E-state index contributed by atoms with van der Waals surface area (Å²) in [5.74, 6) is 1.27. The van der Waals surface area contributed by atoms with Gasteiger partial charge < -0.3 is 9.47 Å². The molecule has 3 aromatic rings. The van der Waals surface area contributed by atoms with Crippen LogP contribution in [0.5, 0.6) is 11.5 Å². The molecule has 1 heterocycles. The molecule has 4 rings (SSSR count). The van der Waals surface area contributed by atoms with Crippen LogP contribution in [0.3, 0.4) is 0 Å². The number of aryl methyl sites for hydroxylation is 2. The van der Waals surface area contributed by atoms with E-state index in [9.17, 15) is 9.59 Å². The van der Waals surface area contributed by atoms with E-state index in [0.29, 0.717) is 23.9 Å². The molecule has 0 spiro atoms. The number of hydrogen-bond donors (Lipinski definition) is 0. The number of rotatable bonds is 8. The van der Waals surface area contributed by atoms with Crippen LogP contribution >= 0.6 is 11.8 Å². The first kappa shape index (κ1) is 22.7. The highest BCUT2D eigenvalue weighted by molar-refractivity contribution is 8.18. The topological polar surface area (TPSA) is 55.8 Å². The molecule has 3 aromatic carbocycles. The van der Waals surface area contributed by atoms with Crippen molar-refractivity contribution in [2.45, 2.75) is 20.4 Å². The Balaban J connectivity index is 1.31. The number of nitrogens with zero attached hydrogens (tertiary/aromatic N) is 1. The van der Waals surface area contributed by atoms with E-state index >= 15 is 0 Å². The lowest BCUT2D eigenvalue weighted by Gasteiger charge is -2.14. The van der Waals surface area contributed by atoms with Crippen LogP contribution in [0.25, 0.3) is 6.08 Å². The van der Waals surface area contributed by atoms with Crippen LogP contribution in [0.15, 0.2) is 77.7 Å². The van der Waals surface area contributed by atoms with Gasteiger partial charge in [-0.05, 0) is 72.6 Å². The molecule has 0 unspecified atom stereocenters. The molecule has 1 aliphatic heterocycles. The van der Waals surface area contributed by atoms with E-state index in [-0.39, 0.29) is 17.7 Å². The third-order valence-electron chi connectivity index (χ3n) is 5.28. The van der Waals surface area contributed by atoms with Crippen molar-refractivity contribution in [2.24, 2.45) is 0 Å². The van der Waals surface area contributed by atoms with Gasteiger partial charge in [-0.25, -0.2) is 0 Å². The van der Waals surface area contributed by atoms with Crippen molar-refractivity contribution in [1.82, 2.24) is 4.90 Å². The monoisotopic (exact) mass is 459 g/mol. The zero-order valence-electron chi connectivity index (χ0n) is 18.6. The molecule has 6 heteroatoms. The quantitative estimate of drug-likeness (QED) is 0.306. The number of benzene rings is 3. The normalized spacial score (nSPS) is 14.7. The molecule has 0 bridgehead atoms. The van der Waals surface area contributed by atoms with Gasteiger partial charge in [0.25, 0.3) is 11.1 Å². The summed E-state index contributed by atoms with van der Waals surface area (Å²) in [4.78, 5) is 26.9. The Kier molecular flexibility index (Phi) is 7.15. The van der Waals surface area contributed by atoms with Crippen molar-refractivity contribution >= 4 is 29.0 Å². The van der Waals surface area contributed by atoms with E-state index in [1.165, 1.54) is 10.5 Å². The van der Waals surface area contributed by atoms with Gasteiger partial charge in [-0.2, -0.15) is 0 Å². The van der Waals surface area contributed by atoms with Crippen LogP contribution in [0.4, 0.5) is 4.79 Å². The molecule has 2 amide bonds. The highest BCUT2D eigenvalue weighted by Gasteiger charge is 2.35. The van der Waals surface area contributed by atoms with Crippen LogP contribution in [0.1, 0.15) is 22.3 Å². The fraction of sp³-hybridized carbons (Fsp3) is 0.185. The summed E-state index contributed by atoms with van der Waals surface area (Å²) in [6.45, 7) is 5.16. The van der Waals surface area contributed by atoms with E-state index in [2.05, 4.69) is 0 Å². The number of carbonyl (C=O) groups excluding carboxylic acids is 2. The average Bonchev–Trinajstić information content (AvgIpc) is 3.07. The van der Waals surface area contributed by atoms with E-state index in [1.807, 2.05) is 86.6 Å². The third-order valence-corrected chi connectivity index (χ3v) is 6.19. The van der Waals surface area contributed by atoms with Crippen molar-refractivity contribution in [3.8, 4) is 11.5 Å². The standard InChI is InChI=1S/C27H25NO4S/c1-19-7-11-23(12-8-19)31-15-16-32-24-13-9-21(10-14-24)17-25-26(29)28(27(30)33-25)18-22-6-4-3-5-20(22)2/h3-14,17H,15-16,18H2,1-2H3/b25-17-. The highest BCUT2D eigenvalue weighted by Crippen LogP contribution is 2.33. The van der Waals surface area contributed by atoms with E-state index in [1.54, 1.807) is 6.08 Å². The minimum atomic E-state index is -0.262. The maximum Gasteiger partial charge on any atom is 0.293 e. The van der Waals surface area contributed by atoms with Crippen molar-refractivity contribution in [1.29, 1.82) is 0 Å². The molecule has 1 fully saturated rings. The van der Waals surface area contributed by atoms with Gasteiger partial charge in [0.05, 0.1) is 11.4 Å².